The number of aromatic nitrogens is 1. The van der Waals surface area contributed by atoms with Crippen molar-refractivity contribution in [2.24, 2.45) is 5.92 Å². The third-order valence-corrected chi connectivity index (χ3v) is 3.27. The summed E-state index contributed by atoms with van der Waals surface area (Å²) in [5, 5.41) is 11.0. The Morgan fingerprint density at radius 1 is 1.37 bits per heavy atom. The highest BCUT2D eigenvalue weighted by Crippen LogP contribution is 2.30. The predicted octanol–water partition coefficient (Wildman–Crippen LogP) is 2.80. The average molecular weight is 254 g/mol. The minimum Gasteiger partial charge on any atom is -0.398 e. The number of fused-ring (bicyclic) bond motifs is 1. The van der Waals surface area contributed by atoms with Gasteiger partial charge < -0.3 is 10.6 Å². The Morgan fingerprint density at radius 2 is 2.16 bits per heavy atom. The van der Waals surface area contributed by atoms with Crippen molar-refractivity contribution in [1.82, 2.24) is 4.98 Å². The summed E-state index contributed by atoms with van der Waals surface area (Å²) in [6.45, 7) is 5.60. The zero-order chi connectivity index (χ0) is 13.8. The molecule has 0 radical (unpaired) electrons. The van der Waals surface area contributed by atoms with Gasteiger partial charge >= 0.3 is 0 Å². The molecular weight excluding hydrogens is 236 g/mol. The highest BCUT2D eigenvalue weighted by molar-refractivity contribution is 6.00. The van der Waals surface area contributed by atoms with Crippen LogP contribution in [-0.2, 0) is 0 Å². The van der Waals surface area contributed by atoms with Gasteiger partial charge in [0.2, 0.25) is 0 Å². The fourth-order valence-electron chi connectivity index (χ4n) is 2.24. The number of rotatable bonds is 4. The molecule has 4 nitrogen and oxygen atoms in total. The maximum atomic E-state index is 8.98. The van der Waals surface area contributed by atoms with E-state index < -0.39 is 0 Å². The van der Waals surface area contributed by atoms with Gasteiger partial charge in [-0.1, -0.05) is 0 Å². The summed E-state index contributed by atoms with van der Waals surface area (Å²) in [5.41, 5.74) is 7.82. The van der Waals surface area contributed by atoms with Crippen LogP contribution in [0.5, 0.6) is 0 Å². The summed E-state index contributed by atoms with van der Waals surface area (Å²) >= 11 is 0. The Kier molecular flexibility index (Phi) is 3.86. The number of hydrogen-bond acceptors (Lipinski definition) is 4. The number of pyridine rings is 1. The number of anilines is 2. The largest absolute Gasteiger partial charge is 0.398 e. The van der Waals surface area contributed by atoms with Crippen LogP contribution in [0.25, 0.3) is 10.8 Å². The van der Waals surface area contributed by atoms with Crippen molar-refractivity contribution < 1.29 is 0 Å². The first kappa shape index (κ1) is 13.2. The fraction of sp³-hybridized carbons (Fsp3) is 0.333. The van der Waals surface area contributed by atoms with E-state index in [1.807, 2.05) is 25.1 Å². The van der Waals surface area contributed by atoms with E-state index in [1.165, 1.54) is 0 Å². The molecule has 98 valence electrons. The monoisotopic (exact) mass is 254 g/mol. The Bertz CT molecular complexity index is 615. The lowest BCUT2D eigenvalue weighted by atomic mass is 10.1. The Morgan fingerprint density at radius 3 is 2.84 bits per heavy atom. The van der Waals surface area contributed by atoms with Crippen molar-refractivity contribution in [3.8, 4) is 6.07 Å². The Hall–Kier alpha value is -2.28. The van der Waals surface area contributed by atoms with Crippen LogP contribution >= 0.6 is 0 Å². The van der Waals surface area contributed by atoms with Crippen molar-refractivity contribution in [1.29, 1.82) is 5.26 Å². The van der Waals surface area contributed by atoms with E-state index in [1.54, 1.807) is 12.4 Å². The molecule has 0 aliphatic heterocycles. The van der Waals surface area contributed by atoms with E-state index in [4.69, 9.17) is 11.0 Å². The third kappa shape index (κ3) is 2.60. The maximum absolute atomic E-state index is 8.98. The van der Waals surface area contributed by atoms with Crippen molar-refractivity contribution >= 4 is 22.1 Å². The predicted molar refractivity (Wildman–Crippen MR) is 78.8 cm³/mol. The van der Waals surface area contributed by atoms with Crippen LogP contribution in [0.1, 0.15) is 13.8 Å². The molecule has 4 heteroatoms. The smallest absolute Gasteiger partial charge is 0.0671 e. The molecule has 1 aromatic heterocycles. The Labute approximate surface area is 113 Å². The quantitative estimate of drug-likeness (QED) is 0.852. The summed E-state index contributed by atoms with van der Waals surface area (Å²) < 4.78 is 0. The summed E-state index contributed by atoms with van der Waals surface area (Å²) in [4.78, 5) is 6.33. The fourth-order valence-corrected chi connectivity index (χ4v) is 2.24. The van der Waals surface area contributed by atoms with Gasteiger partial charge in [0.25, 0.3) is 0 Å². The first-order valence-electron chi connectivity index (χ1n) is 6.44. The number of nitrogen functional groups attached to an aromatic ring is 1. The van der Waals surface area contributed by atoms with Gasteiger partial charge in [-0.15, -0.1) is 0 Å². The molecule has 19 heavy (non-hydrogen) atoms. The minimum atomic E-state index is -0.00519. The zero-order valence-corrected chi connectivity index (χ0v) is 11.3. The van der Waals surface area contributed by atoms with E-state index in [9.17, 15) is 0 Å². The molecule has 2 N–H and O–H groups in total. The van der Waals surface area contributed by atoms with E-state index in [0.717, 1.165) is 28.7 Å². The van der Waals surface area contributed by atoms with Crippen molar-refractivity contribution in [3.05, 3.63) is 30.6 Å². The lowest BCUT2D eigenvalue weighted by molar-refractivity contribution is 0.688. The molecule has 1 heterocycles. The number of nitrogens with two attached hydrogens (primary N) is 1. The normalized spacial score (nSPS) is 12.1. The van der Waals surface area contributed by atoms with Crippen molar-refractivity contribution in [2.45, 2.75) is 13.8 Å². The van der Waals surface area contributed by atoms with Gasteiger partial charge in [-0.25, -0.2) is 0 Å². The SMILES string of the molecule is CCN(CC(C)C#N)c1ccc(N)c2cnccc12. The summed E-state index contributed by atoms with van der Waals surface area (Å²) in [6.07, 6.45) is 3.56. The molecule has 0 spiro atoms. The van der Waals surface area contributed by atoms with Gasteiger partial charge in [0.05, 0.1) is 12.0 Å². The van der Waals surface area contributed by atoms with Gasteiger partial charge in [0.1, 0.15) is 0 Å². The number of nitrogens with zero attached hydrogens (tertiary/aromatic N) is 3. The molecule has 0 bridgehead atoms. The first-order chi connectivity index (χ1) is 9.17. The van der Waals surface area contributed by atoms with Crippen molar-refractivity contribution in [2.75, 3.05) is 23.7 Å². The second kappa shape index (κ2) is 5.57. The third-order valence-electron chi connectivity index (χ3n) is 3.27. The summed E-state index contributed by atoms with van der Waals surface area (Å²) in [7, 11) is 0. The average Bonchev–Trinajstić information content (AvgIpc) is 2.45. The van der Waals surface area contributed by atoms with Gasteiger partial charge in [-0.05, 0) is 32.0 Å². The molecule has 1 unspecified atom stereocenters. The highest BCUT2D eigenvalue weighted by atomic mass is 15.1. The lowest BCUT2D eigenvalue weighted by Gasteiger charge is -2.26. The molecule has 2 aromatic rings. The molecule has 0 amide bonds. The standard InChI is InChI=1S/C15H18N4/c1-3-19(10-11(2)8-16)15-5-4-14(17)13-9-18-7-6-12(13)15/h4-7,9,11H,3,10,17H2,1-2H3. The first-order valence-corrected chi connectivity index (χ1v) is 6.44. The molecule has 0 aliphatic rings. The van der Waals surface area contributed by atoms with Gasteiger partial charge in [0.15, 0.2) is 0 Å². The molecule has 0 saturated carbocycles. The maximum Gasteiger partial charge on any atom is 0.0671 e. The van der Waals surface area contributed by atoms with Crippen LogP contribution in [0.3, 0.4) is 0 Å². The molecule has 2 rings (SSSR count). The topological polar surface area (TPSA) is 65.9 Å². The zero-order valence-electron chi connectivity index (χ0n) is 11.3. The number of hydrogen-bond donors (Lipinski definition) is 1. The minimum absolute atomic E-state index is 0.00519. The van der Waals surface area contributed by atoms with Crippen LogP contribution in [0.4, 0.5) is 11.4 Å². The van der Waals surface area contributed by atoms with E-state index in [2.05, 4.69) is 22.9 Å². The van der Waals surface area contributed by atoms with Crippen LogP contribution in [0, 0.1) is 17.2 Å². The van der Waals surface area contributed by atoms with Gasteiger partial charge in [-0.3, -0.25) is 4.98 Å². The molecule has 1 aromatic carbocycles. The van der Waals surface area contributed by atoms with Crippen LogP contribution in [-0.4, -0.2) is 18.1 Å². The molecule has 0 fully saturated rings. The van der Waals surface area contributed by atoms with E-state index in [-0.39, 0.29) is 5.92 Å². The molecule has 0 saturated heterocycles. The van der Waals surface area contributed by atoms with Crippen LogP contribution in [0.2, 0.25) is 0 Å². The lowest BCUT2D eigenvalue weighted by Crippen LogP contribution is -2.27. The van der Waals surface area contributed by atoms with Crippen LogP contribution < -0.4 is 10.6 Å². The number of benzene rings is 1. The van der Waals surface area contributed by atoms with Gasteiger partial charge in [0, 0.05) is 47.6 Å². The second-order valence-electron chi connectivity index (χ2n) is 4.66. The van der Waals surface area contributed by atoms with E-state index in [0.29, 0.717) is 6.54 Å². The molecular formula is C15H18N4. The van der Waals surface area contributed by atoms with Crippen molar-refractivity contribution in [3.63, 3.8) is 0 Å². The Balaban J connectivity index is 2.49. The van der Waals surface area contributed by atoms with E-state index >= 15 is 0 Å². The number of nitriles is 1. The second-order valence-corrected chi connectivity index (χ2v) is 4.66. The molecule has 0 aliphatic carbocycles. The summed E-state index contributed by atoms with van der Waals surface area (Å²) in [6, 6.07) is 8.17. The van der Waals surface area contributed by atoms with Crippen LogP contribution in [0.15, 0.2) is 30.6 Å². The molecule has 1 atom stereocenters. The summed E-state index contributed by atoms with van der Waals surface area (Å²) in [5.74, 6) is -0.00519. The van der Waals surface area contributed by atoms with Gasteiger partial charge in [-0.2, -0.15) is 5.26 Å². The highest BCUT2D eigenvalue weighted by Gasteiger charge is 2.12.